The summed E-state index contributed by atoms with van der Waals surface area (Å²) in [6.45, 7) is 1.70. The molecule has 0 saturated carbocycles. The van der Waals surface area contributed by atoms with E-state index in [-0.39, 0.29) is 11.7 Å². The minimum absolute atomic E-state index is 0.263. The van der Waals surface area contributed by atoms with Crippen molar-refractivity contribution in [2.24, 2.45) is 0 Å². The Balaban J connectivity index is 1.87. The number of halogens is 1. The van der Waals surface area contributed by atoms with Crippen LogP contribution in [0.1, 0.15) is 15.9 Å². The summed E-state index contributed by atoms with van der Waals surface area (Å²) >= 11 is 0. The molecule has 0 aliphatic heterocycles. The topological polar surface area (TPSA) is 57.8 Å². The van der Waals surface area contributed by atoms with Crippen molar-refractivity contribution in [1.29, 1.82) is 0 Å². The number of aromatic amines is 1. The Kier molecular flexibility index (Phi) is 2.95. The van der Waals surface area contributed by atoms with Crippen molar-refractivity contribution >= 4 is 22.5 Å². The third-order valence-electron chi connectivity index (χ3n) is 3.13. The maximum Gasteiger partial charge on any atom is 0.255 e. The third-order valence-corrected chi connectivity index (χ3v) is 3.13. The van der Waals surface area contributed by atoms with Crippen LogP contribution in [0, 0.1) is 12.7 Å². The molecule has 1 amide bonds. The summed E-state index contributed by atoms with van der Waals surface area (Å²) in [6, 6.07) is 9.57. The van der Waals surface area contributed by atoms with Crippen LogP contribution >= 0.6 is 0 Å². The van der Waals surface area contributed by atoms with Gasteiger partial charge in [-0.1, -0.05) is 0 Å². The van der Waals surface area contributed by atoms with Gasteiger partial charge in [0, 0.05) is 16.6 Å². The molecule has 3 aromatic rings. The lowest BCUT2D eigenvalue weighted by Crippen LogP contribution is -2.13. The lowest BCUT2D eigenvalue weighted by atomic mass is 10.1. The number of hydrogen-bond acceptors (Lipinski definition) is 2. The van der Waals surface area contributed by atoms with Gasteiger partial charge in [-0.2, -0.15) is 5.10 Å². The van der Waals surface area contributed by atoms with Crippen LogP contribution in [0.4, 0.5) is 10.1 Å². The van der Waals surface area contributed by atoms with Crippen LogP contribution in [0.2, 0.25) is 0 Å². The van der Waals surface area contributed by atoms with Crippen LogP contribution in [-0.2, 0) is 0 Å². The van der Waals surface area contributed by atoms with E-state index in [1.54, 1.807) is 25.3 Å². The number of carbonyl (C=O) groups is 1. The van der Waals surface area contributed by atoms with E-state index in [0.717, 1.165) is 10.9 Å². The zero-order valence-corrected chi connectivity index (χ0v) is 10.8. The first-order chi connectivity index (χ1) is 9.63. The third kappa shape index (κ3) is 2.25. The molecule has 20 heavy (non-hydrogen) atoms. The molecule has 4 nitrogen and oxygen atoms in total. The van der Waals surface area contributed by atoms with Crippen molar-refractivity contribution < 1.29 is 9.18 Å². The van der Waals surface area contributed by atoms with Crippen molar-refractivity contribution in [3.8, 4) is 0 Å². The van der Waals surface area contributed by atoms with E-state index in [1.807, 2.05) is 6.07 Å². The van der Waals surface area contributed by atoms with Crippen molar-refractivity contribution in [3.63, 3.8) is 0 Å². The van der Waals surface area contributed by atoms with Crippen LogP contribution in [0.5, 0.6) is 0 Å². The van der Waals surface area contributed by atoms with Crippen LogP contribution < -0.4 is 5.32 Å². The number of amides is 1. The molecule has 1 heterocycles. The van der Waals surface area contributed by atoms with Crippen molar-refractivity contribution in [1.82, 2.24) is 10.2 Å². The Labute approximate surface area is 114 Å². The summed E-state index contributed by atoms with van der Waals surface area (Å²) in [5.41, 5.74) is 2.57. The van der Waals surface area contributed by atoms with Gasteiger partial charge < -0.3 is 5.32 Å². The van der Waals surface area contributed by atoms with Crippen molar-refractivity contribution in [3.05, 3.63) is 59.5 Å². The number of H-pyrrole nitrogens is 1. The quantitative estimate of drug-likeness (QED) is 0.750. The molecule has 0 bridgehead atoms. The van der Waals surface area contributed by atoms with E-state index < -0.39 is 0 Å². The second-order valence-corrected chi connectivity index (χ2v) is 4.59. The normalized spacial score (nSPS) is 10.7. The second kappa shape index (κ2) is 4.77. The number of aryl methyl sites for hydroxylation is 1. The molecule has 0 fully saturated rings. The fraction of sp³-hybridized carbons (Fsp3) is 0.0667. The van der Waals surface area contributed by atoms with Gasteiger partial charge in [0.15, 0.2) is 0 Å². The second-order valence-electron chi connectivity index (χ2n) is 4.59. The zero-order valence-electron chi connectivity index (χ0n) is 10.8. The lowest BCUT2D eigenvalue weighted by Gasteiger charge is -2.07. The van der Waals surface area contributed by atoms with Crippen LogP contribution in [0.25, 0.3) is 10.9 Å². The first kappa shape index (κ1) is 12.3. The van der Waals surface area contributed by atoms with Gasteiger partial charge in [0.1, 0.15) is 5.82 Å². The summed E-state index contributed by atoms with van der Waals surface area (Å²) in [4.78, 5) is 12.2. The Hall–Kier alpha value is -2.69. The van der Waals surface area contributed by atoms with Gasteiger partial charge in [0.05, 0.1) is 11.7 Å². The van der Waals surface area contributed by atoms with Crippen molar-refractivity contribution in [2.45, 2.75) is 6.92 Å². The van der Waals surface area contributed by atoms with Crippen LogP contribution in [0.15, 0.2) is 42.6 Å². The molecule has 0 atom stereocenters. The van der Waals surface area contributed by atoms with E-state index in [4.69, 9.17) is 0 Å². The average Bonchev–Trinajstić information content (AvgIpc) is 2.85. The van der Waals surface area contributed by atoms with E-state index >= 15 is 0 Å². The summed E-state index contributed by atoms with van der Waals surface area (Å²) < 4.78 is 13.0. The summed E-state index contributed by atoms with van der Waals surface area (Å²) in [7, 11) is 0. The molecule has 3 rings (SSSR count). The van der Waals surface area contributed by atoms with Crippen LogP contribution in [-0.4, -0.2) is 16.1 Å². The highest BCUT2D eigenvalue weighted by molar-refractivity contribution is 6.05. The average molecular weight is 269 g/mol. The molecule has 0 saturated heterocycles. The largest absolute Gasteiger partial charge is 0.322 e. The molecule has 5 heteroatoms. The van der Waals surface area contributed by atoms with Crippen LogP contribution in [0.3, 0.4) is 0 Å². The molecule has 2 aromatic carbocycles. The van der Waals surface area contributed by atoms with E-state index in [1.165, 1.54) is 18.2 Å². The Morgan fingerprint density at radius 2 is 2.10 bits per heavy atom. The molecular formula is C15H12FN3O. The zero-order chi connectivity index (χ0) is 14.1. The maximum absolute atomic E-state index is 13.0. The standard InChI is InChI=1S/C15H12FN3O/c1-9-6-11(16)3-5-13(9)15(20)18-12-4-2-10-8-17-19-14(10)7-12/h2-8H,1H3,(H,17,19)(H,18,20). The van der Waals surface area contributed by atoms with Gasteiger partial charge in [-0.05, 0) is 48.9 Å². The van der Waals surface area contributed by atoms with Gasteiger partial charge in [0.2, 0.25) is 0 Å². The van der Waals surface area contributed by atoms with Gasteiger partial charge in [-0.3, -0.25) is 9.89 Å². The molecule has 100 valence electrons. The molecule has 0 spiro atoms. The number of aromatic nitrogens is 2. The van der Waals surface area contributed by atoms with E-state index in [9.17, 15) is 9.18 Å². The number of hydrogen-bond donors (Lipinski definition) is 2. The number of anilines is 1. The fourth-order valence-electron chi connectivity index (χ4n) is 2.10. The van der Waals surface area contributed by atoms with Gasteiger partial charge in [-0.25, -0.2) is 4.39 Å². The summed E-state index contributed by atoms with van der Waals surface area (Å²) in [5, 5.41) is 10.5. The minimum Gasteiger partial charge on any atom is -0.322 e. The number of rotatable bonds is 2. The molecule has 0 aliphatic rings. The Morgan fingerprint density at radius 3 is 2.90 bits per heavy atom. The number of nitrogens with one attached hydrogen (secondary N) is 2. The number of nitrogens with zero attached hydrogens (tertiary/aromatic N) is 1. The summed E-state index contributed by atoms with van der Waals surface area (Å²) in [6.07, 6.45) is 1.71. The Bertz CT molecular complexity index is 795. The minimum atomic E-state index is -0.349. The highest BCUT2D eigenvalue weighted by Crippen LogP contribution is 2.18. The predicted molar refractivity (Wildman–Crippen MR) is 75.2 cm³/mol. The fourth-order valence-corrected chi connectivity index (χ4v) is 2.10. The van der Waals surface area contributed by atoms with Gasteiger partial charge in [0.25, 0.3) is 5.91 Å². The number of carbonyl (C=O) groups excluding carboxylic acids is 1. The number of fused-ring (bicyclic) bond motifs is 1. The molecule has 0 aliphatic carbocycles. The molecule has 1 aromatic heterocycles. The molecular weight excluding hydrogens is 257 g/mol. The highest BCUT2D eigenvalue weighted by atomic mass is 19.1. The Morgan fingerprint density at radius 1 is 1.25 bits per heavy atom. The monoisotopic (exact) mass is 269 g/mol. The first-order valence-corrected chi connectivity index (χ1v) is 6.14. The first-order valence-electron chi connectivity index (χ1n) is 6.14. The molecule has 2 N–H and O–H groups in total. The number of benzene rings is 2. The maximum atomic E-state index is 13.0. The lowest BCUT2D eigenvalue weighted by molar-refractivity contribution is 0.102. The van der Waals surface area contributed by atoms with Gasteiger partial charge >= 0.3 is 0 Å². The summed E-state index contributed by atoms with van der Waals surface area (Å²) in [5.74, 6) is -0.612. The molecule has 0 unspecified atom stereocenters. The SMILES string of the molecule is Cc1cc(F)ccc1C(=O)Nc1ccc2cn[nH]c2c1. The van der Waals surface area contributed by atoms with Gasteiger partial charge in [-0.15, -0.1) is 0 Å². The van der Waals surface area contributed by atoms with Crippen molar-refractivity contribution in [2.75, 3.05) is 5.32 Å². The van der Waals surface area contributed by atoms with E-state index in [2.05, 4.69) is 15.5 Å². The highest BCUT2D eigenvalue weighted by Gasteiger charge is 2.10. The molecule has 0 radical (unpaired) electrons. The van der Waals surface area contributed by atoms with E-state index in [0.29, 0.717) is 16.8 Å². The smallest absolute Gasteiger partial charge is 0.255 e. The predicted octanol–water partition coefficient (Wildman–Crippen LogP) is 3.26.